The van der Waals surface area contributed by atoms with Crippen LogP contribution in [0.25, 0.3) is 28.1 Å². The molecule has 20 heavy (non-hydrogen) atoms. The average molecular weight is 262 g/mol. The van der Waals surface area contributed by atoms with Crippen LogP contribution >= 0.6 is 0 Å². The van der Waals surface area contributed by atoms with Crippen LogP contribution in [0.3, 0.4) is 0 Å². The lowest BCUT2D eigenvalue weighted by atomic mass is 10.2. The van der Waals surface area contributed by atoms with Gasteiger partial charge in [-0.25, -0.2) is 9.97 Å². The number of pyridine rings is 2. The van der Waals surface area contributed by atoms with Crippen molar-refractivity contribution in [1.29, 1.82) is 0 Å². The Bertz CT molecular complexity index is 862. The van der Waals surface area contributed by atoms with Crippen molar-refractivity contribution in [2.24, 2.45) is 0 Å². The van der Waals surface area contributed by atoms with Crippen LogP contribution in [0.4, 0.5) is 0 Å². The van der Waals surface area contributed by atoms with Gasteiger partial charge in [0.1, 0.15) is 12.0 Å². The van der Waals surface area contributed by atoms with E-state index in [1.54, 1.807) is 18.6 Å². The quantitative estimate of drug-likeness (QED) is 0.601. The number of hydrogen-bond donors (Lipinski definition) is 1. The number of aromatic nitrogens is 6. The first-order chi connectivity index (χ1) is 9.92. The average Bonchev–Trinajstić information content (AvgIpc) is 3.17. The van der Waals surface area contributed by atoms with Gasteiger partial charge >= 0.3 is 0 Å². The van der Waals surface area contributed by atoms with Crippen LogP contribution in [0.15, 0.2) is 55.4 Å². The van der Waals surface area contributed by atoms with E-state index in [-0.39, 0.29) is 0 Å². The molecule has 6 heteroatoms. The molecular formula is C14H10N6. The maximum Gasteiger partial charge on any atom is 0.157 e. The number of H-pyrrole nitrogens is 1. The number of nitrogens with zero attached hydrogens (tertiary/aromatic N) is 5. The Morgan fingerprint density at radius 1 is 1.10 bits per heavy atom. The lowest BCUT2D eigenvalue weighted by Gasteiger charge is -2.05. The third-order valence-electron chi connectivity index (χ3n) is 3.14. The Hall–Kier alpha value is -3.02. The summed E-state index contributed by atoms with van der Waals surface area (Å²) in [6.07, 6.45) is 8.80. The zero-order valence-electron chi connectivity index (χ0n) is 10.4. The lowest BCUT2D eigenvalue weighted by molar-refractivity contribution is 1.06. The zero-order valence-corrected chi connectivity index (χ0v) is 10.4. The van der Waals surface area contributed by atoms with Crippen molar-refractivity contribution in [2.75, 3.05) is 0 Å². The molecule has 0 saturated heterocycles. The van der Waals surface area contributed by atoms with Crippen LogP contribution in [-0.2, 0) is 0 Å². The molecule has 0 bridgehead atoms. The summed E-state index contributed by atoms with van der Waals surface area (Å²) in [7, 11) is 0. The first-order valence-corrected chi connectivity index (χ1v) is 6.15. The van der Waals surface area contributed by atoms with E-state index in [1.807, 2.05) is 35.0 Å². The molecule has 6 nitrogen and oxygen atoms in total. The third kappa shape index (κ3) is 1.66. The summed E-state index contributed by atoms with van der Waals surface area (Å²) in [5.74, 6) is 0.698. The van der Waals surface area contributed by atoms with Gasteiger partial charge in [-0.05, 0) is 24.3 Å². The maximum atomic E-state index is 4.41. The van der Waals surface area contributed by atoms with Crippen LogP contribution in [-0.4, -0.2) is 29.7 Å². The normalized spacial score (nSPS) is 11.0. The molecule has 0 aliphatic carbocycles. The van der Waals surface area contributed by atoms with Crippen molar-refractivity contribution in [1.82, 2.24) is 29.7 Å². The number of aromatic amines is 1. The van der Waals surface area contributed by atoms with E-state index >= 15 is 0 Å². The van der Waals surface area contributed by atoms with Crippen molar-refractivity contribution in [3.63, 3.8) is 0 Å². The van der Waals surface area contributed by atoms with E-state index in [0.29, 0.717) is 5.82 Å². The molecule has 1 N–H and O–H groups in total. The first-order valence-electron chi connectivity index (χ1n) is 6.15. The van der Waals surface area contributed by atoms with E-state index in [2.05, 4.69) is 25.1 Å². The van der Waals surface area contributed by atoms with Crippen molar-refractivity contribution in [3.05, 3.63) is 55.4 Å². The van der Waals surface area contributed by atoms with Gasteiger partial charge < -0.3 is 0 Å². The lowest BCUT2D eigenvalue weighted by Crippen LogP contribution is -1.95. The Balaban J connectivity index is 1.88. The predicted octanol–water partition coefficient (Wildman–Crippen LogP) is 2.21. The minimum absolute atomic E-state index is 0.698. The molecule has 0 radical (unpaired) electrons. The summed E-state index contributed by atoms with van der Waals surface area (Å²) in [6, 6.07) is 7.99. The van der Waals surface area contributed by atoms with Crippen LogP contribution < -0.4 is 0 Å². The maximum absolute atomic E-state index is 4.41. The SMILES string of the molecule is c1cnc2c(c1)ccn2-c1cncc(-c2ncn[nH]2)c1. The summed E-state index contributed by atoms with van der Waals surface area (Å²) in [6.45, 7) is 0. The van der Waals surface area contributed by atoms with Crippen molar-refractivity contribution in [3.8, 4) is 17.1 Å². The standard InChI is InChI=1S/C14H10N6/c1-2-10-3-5-20(14(10)16-4-1)12-6-11(7-15-8-12)13-17-9-18-19-13/h1-9H,(H,17,18,19). The summed E-state index contributed by atoms with van der Waals surface area (Å²) < 4.78 is 2.00. The van der Waals surface area contributed by atoms with Gasteiger partial charge in [-0.1, -0.05) is 0 Å². The minimum atomic E-state index is 0.698. The third-order valence-corrected chi connectivity index (χ3v) is 3.14. The molecule has 4 aromatic heterocycles. The number of nitrogens with one attached hydrogen (secondary N) is 1. The number of hydrogen-bond acceptors (Lipinski definition) is 4. The van der Waals surface area contributed by atoms with E-state index < -0.39 is 0 Å². The van der Waals surface area contributed by atoms with E-state index in [4.69, 9.17) is 0 Å². The molecule has 0 amide bonds. The Morgan fingerprint density at radius 3 is 3.00 bits per heavy atom. The smallest absolute Gasteiger partial charge is 0.157 e. The highest BCUT2D eigenvalue weighted by Crippen LogP contribution is 2.21. The van der Waals surface area contributed by atoms with Crippen LogP contribution in [0, 0.1) is 0 Å². The second-order valence-corrected chi connectivity index (χ2v) is 4.37. The molecule has 0 fully saturated rings. The molecule has 4 heterocycles. The second-order valence-electron chi connectivity index (χ2n) is 4.37. The first kappa shape index (κ1) is 10.9. The van der Waals surface area contributed by atoms with Gasteiger partial charge in [-0.2, -0.15) is 5.10 Å². The molecule has 96 valence electrons. The highest BCUT2D eigenvalue weighted by Gasteiger charge is 2.07. The highest BCUT2D eigenvalue weighted by molar-refractivity contribution is 5.78. The van der Waals surface area contributed by atoms with Gasteiger partial charge in [-0.15, -0.1) is 0 Å². The number of fused-ring (bicyclic) bond motifs is 1. The van der Waals surface area contributed by atoms with E-state index in [1.165, 1.54) is 6.33 Å². The fraction of sp³-hybridized carbons (Fsp3) is 0. The fourth-order valence-electron chi connectivity index (χ4n) is 2.21. The van der Waals surface area contributed by atoms with Gasteiger partial charge in [0, 0.05) is 29.5 Å². The molecule has 0 saturated carbocycles. The fourth-order valence-corrected chi connectivity index (χ4v) is 2.21. The molecule has 4 rings (SSSR count). The Labute approximate surface area is 114 Å². The van der Waals surface area contributed by atoms with Gasteiger partial charge in [0.15, 0.2) is 5.82 Å². The van der Waals surface area contributed by atoms with E-state index in [0.717, 1.165) is 22.3 Å². The predicted molar refractivity (Wildman–Crippen MR) is 74.2 cm³/mol. The zero-order chi connectivity index (χ0) is 13.4. The largest absolute Gasteiger partial charge is 0.300 e. The molecule has 0 unspecified atom stereocenters. The summed E-state index contributed by atoms with van der Waals surface area (Å²) in [5.41, 5.74) is 2.73. The van der Waals surface area contributed by atoms with Crippen molar-refractivity contribution < 1.29 is 0 Å². The summed E-state index contributed by atoms with van der Waals surface area (Å²) in [5, 5.41) is 7.79. The minimum Gasteiger partial charge on any atom is -0.300 e. The topological polar surface area (TPSA) is 72.3 Å². The van der Waals surface area contributed by atoms with Gasteiger partial charge in [-0.3, -0.25) is 14.6 Å². The van der Waals surface area contributed by atoms with Gasteiger partial charge in [0.05, 0.1) is 11.9 Å². The van der Waals surface area contributed by atoms with Gasteiger partial charge in [0.2, 0.25) is 0 Å². The molecule has 0 spiro atoms. The van der Waals surface area contributed by atoms with Crippen LogP contribution in [0.1, 0.15) is 0 Å². The van der Waals surface area contributed by atoms with E-state index in [9.17, 15) is 0 Å². The molecule has 0 aromatic carbocycles. The second kappa shape index (κ2) is 4.27. The molecule has 0 aliphatic heterocycles. The monoisotopic (exact) mass is 262 g/mol. The molecule has 0 atom stereocenters. The molecule has 0 aliphatic rings. The van der Waals surface area contributed by atoms with Crippen LogP contribution in [0.5, 0.6) is 0 Å². The van der Waals surface area contributed by atoms with Crippen molar-refractivity contribution >= 4 is 11.0 Å². The van der Waals surface area contributed by atoms with Crippen molar-refractivity contribution in [2.45, 2.75) is 0 Å². The Kier molecular flexibility index (Phi) is 2.32. The summed E-state index contributed by atoms with van der Waals surface area (Å²) >= 11 is 0. The number of rotatable bonds is 2. The Morgan fingerprint density at radius 2 is 2.10 bits per heavy atom. The molecule has 4 aromatic rings. The van der Waals surface area contributed by atoms with Gasteiger partial charge in [0.25, 0.3) is 0 Å². The summed E-state index contributed by atoms with van der Waals surface area (Å²) in [4.78, 5) is 12.8. The van der Waals surface area contributed by atoms with Crippen LogP contribution in [0.2, 0.25) is 0 Å². The highest BCUT2D eigenvalue weighted by atomic mass is 15.2. The molecular weight excluding hydrogens is 252 g/mol.